The third-order valence-electron chi connectivity index (χ3n) is 3.66. The summed E-state index contributed by atoms with van der Waals surface area (Å²) in [6.45, 7) is 4.43. The first-order valence-corrected chi connectivity index (χ1v) is 8.87. The maximum Gasteiger partial charge on any atom is 0.124 e. The van der Waals surface area contributed by atoms with Gasteiger partial charge in [0.05, 0.1) is 5.69 Å². The Hall–Kier alpha value is -0.710. The van der Waals surface area contributed by atoms with E-state index in [0.29, 0.717) is 5.92 Å². The first kappa shape index (κ1) is 13.3. The van der Waals surface area contributed by atoms with Crippen LogP contribution in [-0.4, -0.2) is 18.1 Å². The van der Waals surface area contributed by atoms with Gasteiger partial charge in [-0.3, -0.25) is 0 Å². The number of hydrogen-bond acceptors (Lipinski definition) is 4. The summed E-state index contributed by atoms with van der Waals surface area (Å²) in [5.74, 6) is 0.624. The molecule has 1 aliphatic rings. The van der Waals surface area contributed by atoms with Gasteiger partial charge >= 0.3 is 0 Å². The van der Waals surface area contributed by atoms with E-state index in [-0.39, 0.29) is 0 Å². The quantitative estimate of drug-likeness (QED) is 0.832. The molecule has 1 aliphatic carbocycles. The van der Waals surface area contributed by atoms with Crippen molar-refractivity contribution in [2.45, 2.75) is 38.5 Å². The molecule has 1 unspecified atom stereocenters. The highest BCUT2D eigenvalue weighted by Gasteiger charge is 2.24. The van der Waals surface area contributed by atoms with E-state index in [9.17, 15) is 0 Å². The molecule has 3 rings (SSSR count). The summed E-state index contributed by atoms with van der Waals surface area (Å²) in [6.07, 6.45) is 5.03. The lowest BCUT2D eigenvalue weighted by Crippen LogP contribution is -2.24. The van der Waals surface area contributed by atoms with Crippen molar-refractivity contribution in [1.29, 1.82) is 0 Å². The average molecular weight is 292 g/mol. The molecular weight excluding hydrogens is 272 g/mol. The highest BCUT2D eigenvalue weighted by atomic mass is 32.1. The minimum atomic E-state index is 0.624. The number of rotatable bonds is 5. The van der Waals surface area contributed by atoms with E-state index in [0.717, 1.165) is 13.1 Å². The first-order chi connectivity index (χ1) is 9.38. The molecule has 0 aliphatic heterocycles. The minimum Gasteiger partial charge on any atom is -0.316 e. The molecule has 2 aromatic heterocycles. The molecule has 0 radical (unpaired) electrons. The fraction of sp³-hybridized carbons (Fsp3) is 0.533. The van der Waals surface area contributed by atoms with Crippen LogP contribution in [0.1, 0.15) is 42.7 Å². The molecule has 0 fully saturated rings. The van der Waals surface area contributed by atoms with Gasteiger partial charge < -0.3 is 5.32 Å². The molecule has 0 saturated heterocycles. The molecule has 0 spiro atoms. The summed E-state index contributed by atoms with van der Waals surface area (Å²) < 4.78 is 0. The summed E-state index contributed by atoms with van der Waals surface area (Å²) in [6, 6.07) is 2.18. The predicted octanol–water partition coefficient (Wildman–Crippen LogP) is 4.29. The van der Waals surface area contributed by atoms with Crippen LogP contribution in [0.4, 0.5) is 0 Å². The molecule has 19 heavy (non-hydrogen) atoms. The summed E-state index contributed by atoms with van der Waals surface area (Å²) >= 11 is 3.66. The molecule has 0 amide bonds. The molecule has 102 valence electrons. The van der Waals surface area contributed by atoms with Crippen molar-refractivity contribution in [3.8, 4) is 10.6 Å². The molecule has 1 N–H and O–H groups in total. The average Bonchev–Trinajstić information content (AvgIpc) is 3.08. The SMILES string of the molecule is CCCNCC1CCCc2sc(-c3ccsc3)nc21. The number of fused-ring (bicyclic) bond motifs is 1. The Morgan fingerprint density at radius 1 is 1.47 bits per heavy atom. The number of thiazole rings is 1. The number of aryl methyl sites for hydroxylation is 1. The molecule has 2 heterocycles. The van der Waals surface area contributed by atoms with Gasteiger partial charge in [0.15, 0.2) is 0 Å². The van der Waals surface area contributed by atoms with Crippen molar-refractivity contribution in [3.63, 3.8) is 0 Å². The largest absolute Gasteiger partial charge is 0.316 e. The van der Waals surface area contributed by atoms with E-state index in [1.807, 2.05) is 11.3 Å². The van der Waals surface area contributed by atoms with E-state index >= 15 is 0 Å². The molecule has 2 aromatic rings. The van der Waals surface area contributed by atoms with Gasteiger partial charge in [0.2, 0.25) is 0 Å². The smallest absolute Gasteiger partial charge is 0.124 e. The number of thiophene rings is 1. The summed E-state index contributed by atoms with van der Waals surface area (Å²) in [5.41, 5.74) is 2.67. The van der Waals surface area contributed by atoms with Gasteiger partial charge in [-0.1, -0.05) is 6.92 Å². The van der Waals surface area contributed by atoms with Crippen molar-refractivity contribution in [3.05, 3.63) is 27.4 Å². The lowest BCUT2D eigenvalue weighted by Gasteiger charge is -2.21. The minimum absolute atomic E-state index is 0.624. The fourth-order valence-corrected chi connectivity index (χ4v) is 4.57. The molecular formula is C15H20N2S2. The molecule has 1 atom stereocenters. The third-order valence-corrected chi connectivity index (χ3v) is 5.52. The van der Waals surface area contributed by atoms with E-state index < -0.39 is 0 Å². The molecule has 0 bridgehead atoms. The fourth-order valence-electron chi connectivity index (χ4n) is 2.67. The van der Waals surface area contributed by atoms with Crippen molar-refractivity contribution < 1.29 is 0 Å². The van der Waals surface area contributed by atoms with E-state index in [1.54, 1.807) is 11.3 Å². The Morgan fingerprint density at radius 3 is 3.21 bits per heavy atom. The van der Waals surface area contributed by atoms with E-state index in [4.69, 9.17) is 4.98 Å². The van der Waals surface area contributed by atoms with Gasteiger partial charge in [0.25, 0.3) is 0 Å². The van der Waals surface area contributed by atoms with Crippen LogP contribution < -0.4 is 5.32 Å². The number of aromatic nitrogens is 1. The van der Waals surface area contributed by atoms with Crippen molar-refractivity contribution in [2.24, 2.45) is 0 Å². The van der Waals surface area contributed by atoms with Crippen LogP contribution in [0.3, 0.4) is 0 Å². The normalized spacial score (nSPS) is 18.5. The van der Waals surface area contributed by atoms with Gasteiger partial charge in [-0.05, 0) is 43.7 Å². The highest BCUT2D eigenvalue weighted by molar-refractivity contribution is 7.15. The second-order valence-corrected chi connectivity index (χ2v) is 7.00. The van der Waals surface area contributed by atoms with Crippen LogP contribution in [0, 0.1) is 0 Å². The van der Waals surface area contributed by atoms with Gasteiger partial charge in [-0.25, -0.2) is 4.98 Å². The maximum absolute atomic E-state index is 4.94. The Labute approximate surface area is 122 Å². The Kier molecular flexibility index (Phi) is 4.31. The third kappa shape index (κ3) is 2.91. The molecule has 4 heteroatoms. The zero-order valence-corrected chi connectivity index (χ0v) is 12.9. The second kappa shape index (κ2) is 6.16. The van der Waals surface area contributed by atoms with Crippen LogP contribution in [0.25, 0.3) is 10.6 Å². The van der Waals surface area contributed by atoms with Gasteiger partial charge in [-0.2, -0.15) is 11.3 Å². The zero-order chi connectivity index (χ0) is 13.1. The van der Waals surface area contributed by atoms with Gasteiger partial charge in [0, 0.05) is 28.3 Å². The van der Waals surface area contributed by atoms with Crippen LogP contribution in [0.15, 0.2) is 16.8 Å². The van der Waals surface area contributed by atoms with Crippen LogP contribution in [0.2, 0.25) is 0 Å². The molecule has 0 aromatic carbocycles. The van der Waals surface area contributed by atoms with E-state index in [2.05, 4.69) is 29.1 Å². The Morgan fingerprint density at radius 2 is 2.42 bits per heavy atom. The summed E-state index contributed by atoms with van der Waals surface area (Å²) in [5, 5.41) is 9.11. The van der Waals surface area contributed by atoms with Crippen LogP contribution in [0.5, 0.6) is 0 Å². The Balaban J connectivity index is 1.80. The summed E-state index contributed by atoms with van der Waals surface area (Å²) in [4.78, 5) is 6.46. The molecule has 2 nitrogen and oxygen atoms in total. The maximum atomic E-state index is 4.94. The number of nitrogens with zero attached hydrogens (tertiary/aromatic N) is 1. The lowest BCUT2D eigenvalue weighted by atomic mass is 9.91. The monoisotopic (exact) mass is 292 g/mol. The number of nitrogens with one attached hydrogen (secondary N) is 1. The topological polar surface area (TPSA) is 24.9 Å². The molecule has 0 saturated carbocycles. The predicted molar refractivity (Wildman–Crippen MR) is 84.3 cm³/mol. The van der Waals surface area contributed by atoms with Crippen LogP contribution >= 0.6 is 22.7 Å². The zero-order valence-electron chi connectivity index (χ0n) is 11.3. The lowest BCUT2D eigenvalue weighted by molar-refractivity contribution is 0.502. The van der Waals surface area contributed by atoms with Crippen molar-refractivity contribution >= 4 is 22.7 Å². The number of hydrogen-bond donors (Lipinski definition) is 1. The Bertz CT molecular complexity index is 516. The summed E-state index contributed by atoms with van der Waals surface area (Å²) in [7, 11) is 0. The van der Waals surface area contributed by atoms with Gasteiger partial charge in [-0.15, -0.1) is 11.3 Å². The standard InChI is InChI=1S/C15H20N2S2/c1-2-7-16-9-11-4-3-5-13-14(11)17-15(19-13)12-6-8-18-10-12/h6,8,10-11,16H,2-5,7,9H2,1H3. The van der Waals surface area contributed by atoms with E-state index in [1.165, 1.54) is 46.8 Å². The van der Waals surface area contributed by atoms with Gasteiger partial charge in [0.1, 0.15) is 5.01 Å². The first-order valence-electron chi connectivity index (χ1n) is 7.11. The second-order valence-electron chi connectivity index (χ2n) is 5.13. The van der Waals surface area contributed by atoms with Crippen LogP contribution in [-0.2, 0) is 6.42 Å². The highest BCUT2D eigenvalue weighted by Crippen LogP contribution is 2.38. The van der Waals surface area contributed by atoms with Crippen molar-refractivity contribution in [2.75, 3.05) is 13.1 Å². The van der Waals surface area contributed by atoms with Crippen molar-refractivity contribution in [1.82, 2.24) is 10.3 Å².